The molecule has 22 heavy (non-hydrogen) atoms. The molecule has 0 aliphatic carbocycles. The maximum atomic E-state index is 12.5. The van der Waals surface area contributed by atoms with E-state index in [-0.39, 0.29) is 23.2 Å². The van der Waals surface area contributed by atoms with E-state index in [1.807, 2.05) is 37.3 Å². The predicted octanol–water partition coefficient (Wildman–Crippen LogP) is 1.45. The normalized spacial score (nSPS) is 11.7. The highest BCUT2D eigenvalue weighted by atomic mass is 16.2. The number of rotatable bonds is 5. The van der Waals surface area contributed by atoms with E-state index < -0.39 is 5.91 Å². The Labute approximate surface area is 129 Å². The fourth-order valence-corrected chi connectivity index (χ4v) is 2.24. The lowest BCUT2D eigenvalue weighted by Crippen LogP contribution is -2.33. The Hall–Kier alpha value is -2.76. The molecule has 114 valence electrons. The Morgan fingerprint density at radius 1 is 1.14 bits per heavy atom. The fraction of sp³-hybridized carbons (Fsp3) is 0.250. The van der Waals surface area contributed by atoms with Crippen LogP contribution in [0.2, 0.25) is 0 Å². The number of benzene rings is 1. The van der Waals surface area contributed by atoms with E-state index in [0.717, 1.165) is 5.56 Å². The van der Waals surface area contributed by atoms with Gasteiger partial charge in [0.25, 0.3) is 11.8 Å². The fourth-order valence-electron chi connectivity index (χ4n) is 2.24. The molecular weight excluding hydrogens is 280 g/mol. The van der Waals surface area contributed by atoms with Crippen molar-refractivity contribution in [1.29, 1.82) is 0 Å². The summed E-state index contributed by atoms with van der Waals surface area (Å²) in [6.07, 6.45) is 2.71. The predicted molar refractivity (Wildman–Crippen MR) is 82.4 cm³/mol. The Kier molecular flexibility index (Phi) is 4.83. The van der Waals surface area contributed by atoms with Gasteiger partial charge in [-0.3, -0.25) is 9.59 Å². The van der Waals surface area contributed by atoms with Crippen LogP contribution >= 0.6 is 0 Å². The quantitative estimate of drug-likeness (QED) is 0.904. The highest BCUT2D eigenvalue weighted by Gasteiger charge is 2.22. The van der Waals surface area contributed by atoms with Crippen molar-refractivity contribution < 1.29 is 9.59 Å². The molecule has 1 unspecified atom stereocenters. The molecule has 0 aliphatic heterocycles. The van der Waals surface area contributed by atoms with Gasteiger partial charge in [0, 0.05) is 26.0 Å². The number of amides is 2. The zero-order chi connectivity index (χ0) is 16.1. The van der Waals surface area contributed by atoms with Gasteiger partial charge in [-0.15, -0.1) is 0 Å². The van der Waals surface area contributed by atoms with Gasteiger partial charge in [-0.2, -0.15) is 0 Å². The lowest BCUT2D eigenvalue weighted by atomic mass is 10.0. The Bertz CT molecular complexity index is 673. The van der Waals surface area contributed by atoms with E-state index in [2.05, 4.69) is 9.97 Å². The molecule has 2 N–H and O–H groups in total. The molecule has 0 radical (unpaired) electrons. The van der Waals surface area contributed by atoms with Crippen LogP contribution in [0.3, 0.4) is 0 Å². The van der Waals surface area contributed by atoms with Gasteiger partial charge in [0.05, 0.1) is 0 Å². The smallest absolute Gasteiger partial charge is 0.274 e. The van der Waals surface area contributed by atoms with E-state index in [0.29, 0.717) is 6.54 Å². The van der Waals surface area contributed by atoms with Crippen molar-refractivity contribution in [1.82, 2.24) is 14.9 Å². The zero-order valence-corrected chi connectivity index (χ0v) is 12.6. The minimum absolute atomic E-state index is 0.0160. The molecule has 0 spiro atoms. The van der Waals surface area contributed by atoms with Gasteiger partial charge in [0.1, 0.15) is 0 Å². The number of nitrogens with zero attached hydrogens (tertiary/aromatic N) is 3. The van der Waals surface area contributed by atoms with E-state index >= 15 is 0 Å². The van der Waals surface area contributed by atoms with Gasteiger partial charge in [-0.1, -0.05) is 37.3 Å². The number of carbonyl (C=O) groups is 2. The van der Waals surface area contributed by atoms with E-state index in [1.165, 1.54) is 17.3 Å². The molecule has 6 nitrogen and oxygen atoms in total. The Morgan fingerprint density at radius 3 is 2.32 bits per heavy atom. The minimum atomic E-state index is -0.763. The molecule has 2 rings (SSSR count). The van der Waals surface area contributed by atoms with E-state index in [9.17, 15) is 9.59 Å². The molecular formula is C16H18N4O2. The van der Waals surface area contributed by atoms with Crippen molar-refractivity contribution in [2.75, 3.05) is 13.6 Å². The van der Waals surface area contributed by atoms with Gasteiger partial charge in [0.15, 0.2) is 11.4 Å². The van der Waals surface area contributed by atoms with Crippen molar-refractivity contribution in [3.8, 4) is 0 Å². The minimum Gasteiger partial charge on any atom is -0.364 e. The monoisotopic (exact) mass is 298 g/mol. The van der Waals surface area contributed by atoms with Crippen molar-refractivity contribution in [3.63, 3.8) is 0 Å². The summed E-state index contributed by atoms with van der Waals surface area (Å²) < 4.78 is 0. The zero-order valence-electron chi connectivity index (χ0n) is 12.6. The molecule has 1 atom stereocenters. The second-order valence-electron chi connectivity index (χ2n) is 5.12. The highest BCUT2D eigenvalue weighted by Crippen LogP contribution is 2.16. The highest BCUT2D eigenvalue weighted by molar-refractivity contribution is 6.03. The van der Waals surface area contributed by atoms with Crippen LogP contribution in [-0.4, -0.2) is 40.3 Å². The summed E-state index contributed by atoms with van der Waals surface area (Å²) in [7, 11) is 1.67. The largest absolute Gasteiger partial charge is 0.364 e. The van der Waals surface area contributed by atoms with Crippen LogP contribution < -0.4 is 5.73 Å². The number of nitrogens with two attached hydrogens (primary N) is 1. The third kappa shape index (κ3) is 3.46. The van der Waals surface area contributed by atoms with E-state index in [4.69, 9.17) is 5.73 Å². The standard InChI is InChI=1S/C16H18N4O2/c1-11(12-6-4-3-5-7-12)10-20(2)16(22)14-13(15(17)21)18-8-9-19-14/h3-9,11H,10H2,1-2H3,(H2,17,21). The molecule has 0 fully saturated rings. The van der Waals surface area contributed by atoms with Crippen LogP contribution in [0.5, 0.6) is 0 Å². The first-order chi connectivity index (χ1) is 10.5. The molecule has 0 saturated carbocycles. The number of primary amides is 1. The van der Waals surface area contributed by atoms with Gasteiger partial charge in [-0.05, 0) is 11.5 Å². The average Bonchev–Trinajstić information content (AvgIpc) is 2.54. The second kappa shape index (κ2) is 6.80. The van der Waals surface area contributed by atoms with Crippen LogP contribution in [0.4, 0.5) is 0 Å². The lowest BCUT2D eigenvalue weighted by Gasteiger charge is -2.22. The van der Waals surface area contributed by atoms with Crippen LogP contribution in [-0.2, 0) is 0 Å². The summed E-state index contributed by atoms with van der Waals surface area (Å²) in [6.45, 7) is 2.53. The number of hydrogen-bond donors (Lipinski definition) is 1. The lowest BCUT2D eigenvalue weighted by molar-refractivity contribution is 0.0775. The average molecular weight is 298 g/mol. The molecule has 2 amide bonds. The maximum absolute atomic E-state index is 12.5. The topological polar surface area (TPSA) is 89.2 Å². The summed E-state index contributed by atoms with van der Waals surface area (Å²) in [4.78, 5) is 33.1. The summed E-state index contributed by atoms with van der Waals surface area (Å²) in [6, 6.07) is 9.90. The number of hydrogen-bond acceptors (Lipinski definition) is 4. The Balaban J connectivity index is 2.15. The molecule has 1 heterocycles. The van der Waals surface area contributed by atoms with Gasteiger partial charge >= 0.3 is 0 Å². The van der Waals surface area contributed by atoms with Gasteiger partial charge in [0.2, 0.25) is 0 Å². The first kappa shape index (κ1) is 15.6. The van der Waals surface area contributed by atoms with Crippen LogP contribution in [0.1, 0.15) is 39.4 Å². The van der Waals surface area contributed by atoms with Crippen molar-refractivity contribution >= 4 is 11.8 Å². The molecule has 1 aromatic heterocycles. The molecule has 0 aliphatic rings. The first-order valence-electron chi connectivity index (χ1n) is 6.92. The van der Waals surface area contributed by atoms with Gasteiger partial charge in [-0.25, -0.2) is 9.97 Å². The molecule has 2 aromatic rings. The number of likely N-dealkylation sites (N-methyl/N-ethyl adjacent to an activating group) is 1. The SMILES string of the molecule is CC(CN(C)C(=O)c1nccnc1C(N)=O)c1ccccc1. The molecule has 0 saturated heterocycles. The first-order valence-corrected chi connectivity index (χ1v) is 6.92. The second-order valence-corrected chi connectivity index (χ2v) is 5.12. The molecule has 1 aromatic carbocycles. The summed E-state index contributed by atoms with van der Waals surface area (Å²) >= 11 is 0. The third-order valence-electron chi connectivity index (χ3n) is 3.40. The summed E-state index contributed by atoms with van der Waals surface area (Å²) in [5, 5.41) is 0. The third-order valence-corrected chi connectivity index (χ3v) is 3.40. The summed E-state index contributed by atoms with van der Waals surface area (Å²) in [5.41, 5.74) is 6.25. The van der Waals surface area contributed by atoms with Crippen molar-refractivity contribution in [2.24, 2.45) is 5.73 Å². The van der Waals surface area contributed by atoms with Crippen LogP contribution in [0.25, 0.3) is 0 Å². The van der Waals surface area contributed by atoms with Crippen LogP contribution in [0, 0.1) is 0 Å². The van der Waals surface area contributed by atoms with E-state index in [1.54, 1.807) is 7.05 Å². The summed E-state index contributed by atoms with van der Waals surface area (Å²) in [5.74, 6) is -0.977. The van der Waals surface area contributed by atoms with Crippen molar-refractivity contribution in [2.45, 2.75) is 12.8 Å². The maximum Gasteiger partial charge on any atom is 0.274 e. The number of aromatic nitrogens is 2. The molecule has 6 heteroatoms. The Morgan fingerprint density at radius 2 is 1.73 bits per heavy atom. The van der Waals surface area contributed by atoms with Gasteiger partial charge < -0.3 is 10.6 Å². The van der Waals surface area contributed by atoms with Crippen molar-refractivity contribution in [3.05, 3.63) is 59.7 Å². The molecule has 0 bridgehead atoms. The number of carbonyl (C=O) groups excluding carboxylic acids is 2. The van der Waals surface area contributed by atoms with Crippen LogP contribution in [0.15, 0.2) is 42.7 Å².